The molecule has 0 saturated carbocycles. The molecular weight excluding hydrogens is 322 g/mol. The maximum Gasteiger partial charge on any atom is 0.126 e. The Morgan fingerprint density at radius 1 is 0.846 bits per heavy atom. The first-order valence-corrected chi connectivity index (χ1v) is 9.56. The summed E-state index contributed by atoms with van der Waals surface area (Å²) in [5.41, 5.74) is 7.32. The lowest BCUT2D eigenvalue weighted by atomic mass is 9.88. The lowest BCUT2D eigenvalue weighted by Gasteiger charge is -2.26. The summed E-state index contributed by atoms with van der Waals surface area (Å²) in [4.78, 5) is 0. The number of ether oxygens (including phenoxy) is 1. The third-order valence-corrected chi connectivity index (χ3v) is 4.94. The Morgan fingerprint density at radius 3 is 1.65 bits per heavy atom. The zero-order valence-corrected chi connectivity index (χ0v) is 17.0. The van der Waals surface area contributed by atoms with Crippen LogP contribution in [0.15, 0.2) is 36.4 Å². The molecule has 0 aliphatic heterocycles. The van der Waals surface area contributed by atoms with Crippen LogP contribution in [0, 0.1) is 27.7 Å². The van der Waals surface area contributed by atoms with Crippen molar-refractivity contribution in [3.05, 3.63) is 69.8 Å². The number of quaternary nitrogens is 1. The Hall–Kier alpha value is -1.68. The molecule has 0 aromatic heterocycles. The summed E-state index contributed by atoms with van der Waals surface area (Å²) >= 11 is 0. The highest BCUT2D eigenvalue weighted by atomic mass is 16.5. The van der Waals surface area contributed by atoms with Crippen LogP contribution < -0.4 is 5.32 Å². The first-order chi connectivity index (χ1) is 12.3. The van der Waals surface area contributed by atoms with Crippen LogP contribution in [0.2, 0.25) is 0 Å². The molecular formula is C23H34NO2+. The molecule has 0 unspecified atom stereocenters. The van der Waals surface area contributed by atoms with Gasteiger partial charge in [-0.3, -0.25) is 0 Å². The number of benzene rings is 2. The minimum absolute atomic E-state index is 0.161. The Kier molecular flexibility index (Phi) is 7.39. The van der Waals surface area contributed by atoms with Gasteiger partial charge in [0.05, 0.1) is 12.6 Å². The minimum Gasteiger partial charge on any atom is -0.385 e. The number of nitrogens with two attached hydrogens (primary N) is 1. The van der Waals surface area contributed by atoms with Crippen molar-refractivity contribution in [3.8, 4) is 0 Å². The van der Waals surface area contributed by atoms with Crippen LogP contribution in [0.1, 0.15) is 53.3 Å². The van der Waals surface area contributed by atoms with Gasteiger partial charge in [-0.25, -0.2) is 0 Å². The number of aliphatic hydroxyl groups excluding tert-OH is 1. The van der Waals surface area contributed by atoms with Crippen molar-refractivity contribution >= 4 is 0 Å². The normalized spacial score (nSPS) is 12.8. The molecule has 0 aliphatic rings. The fourth-order valence-corrected chi connectivity index (χ4v) is 3.50. The fraction of sp³-hybridized carbons (Fsp3) is 0.478. The van der Waals surface area contributed by atoms with Gasteiger partial charge in [0.15, 0.2) is 0 Å². The molecule has 0 amide bonds. The third-order valence-electron chi connectivity index (χ3n) is 4.94. The Balaban J connectivity index is 2.34. The molecule has 2 aromatic rings. The van der Waals surface area contributed by atoms with E-state index in [0.717, 1.165) is 0 Å². The van der Waals surface area contributed by atoms with E-state index in [0.29, 0.717) is 19.2 Å². The van der Waals surface area contributed by atoms with Gasteiger partial charge in [0.1, 0.15) is 18.8 Å². The van der Waals surface area contributed by atoms with Crippen LogP contribution in [0.25, 0.3) is 0 Å². The number of aliphatic hydroxyl groups is 1. The van der Waals surface area contributed by atoms with Crippen LogP contribution in [0.3, 0.4) is 0 Å². The predicted molar refractivity (Wildman–Crippen MR) is 108 cm³/mol. The Morgan fingerprint density at radius 2 is 1.27 bits per heavy atom. The second kappa shape index (κ2) is 9.31. The molecule has 0 fully saturated rings. The highest BCUT2D eigenvalue weighted by Gasteiger charge is 2.23. The lowest BCUT2D eigenvalue weighted by molar-refractivity contribution is -0.688. The Labute approximate surface area is 158 Å². The van der Waals surface area contributed by atoms with E-state index in [4.69, 9.17) is 4.74 Å². The maximum atomic E-state index is 10.4. The van der Waals surface area contributed by atoms with E-state index < -0.39 is 6.10 Å². The van der Waals surface area contributed by atoms with Crippen molar-refractivity contribution in [2.45, 2.75) is 59.8 Å². The van der Waals surface area contributed by atoms with Crippen molar-refractivity contribution in [2.24, 2.45) is 0 Å². The number of aryl methyl sites for hydroxylation is 4. The molecule has 0 spiro atoms. The standard InChI is InChI=1S/C23H33NO2/c1-15(2)24-13-20(25)14-26-23(21-16(3)9-7-10-17(21)4)22-18(5)11-8-12-19(22)6/h7-12,15,20,23-25H,13-14H2,1-6H3/p+1/t20-/m0/s1. The van der Waals surface area contributed by atoms with Gasteiger partial charge < -0.3 is 15.2 Å². The van der Waals surface area contributed by atoms with Crippen molar-refractivity contribution in [3.63, 3.8) is 0 Å². The highest BCUT2D eigenvalue weighted by Crippen LogP contribution is 2.34. The molecule has 0 saturated heterocycles. The van der Waals surface area contributed by atoms with Gasteiger partial charge in [0.25, 0.3) is 0 Å². The van der Waals surface area contributed by atoms with Gasteiger partial charge in [-0.15, -0.1) is 0 Å². The van der Waals surface area contributed by atoms with E-state index in [2.05, 4.69) is 83.3 Å². The van der Waals surface area contributed by atoms with Gasteiger partial charge in [0, 0.05) is 0 Å². The Bertz CT molecular complexity index is 632. The van der Waals surface area contributed by atoms with Gasteiger partial charge in [-0.2, -0.15) is 0 Å². The molecule has 0 radical (unpaired) electrons. The van der Waals surface area contributed by atoms with E-state index in [1.54, 1.807) is 0 Å². The second-order valence-electron chi connectivity index (χ2n) is 7.69. The van der Waals surface area contributed by atoms with Crippen LogP contribution in [-0.2, 0) is 4.74 Å². The first-order valence-electron chi connectivity index (χ1n) is 9.56. The SMILES string of the molecule is Cc1cccc(C)c1C(OC[C@@H](O)C[NH2+]C(C)C)c1c(C)cccc1C. The average Bonchev–Trinajstić information content (AvgIpc) is 2.56. The number of hydrogen-bond acceptors (Lipinski definition) is 2. The highest BCUT2D eigenvalue weighted by molar-refractivity contribution is 5.46. The molecule has 0 heterocycles. The molecule has 3 heteroatoms. The topological polar surface area (TPSA) is 46.1 Å². The molecule has 26 heavy (non-hydrogen) atoms. The van der Waals surface area contributed by atoms with E-state index in [1.165, 1.54) is 33.4 Å². The molecule has 2 rings (SSSR count). The third kappa shape index (κ3) is 5.16. The molecule has 1 atom stereocenters. The molecule has 0 bridgehead atoms. The van der Waals surface area contributed by atoms with Crippen LogP contribution in [-0.4, -0.2) is 30.4 Å². The van der Waals surface area contributed by atoms with E-state index in [9.17, 15) is 5.11 Å². The van der Waals surface area contributed by atoms with Crippen molar-refractivity contribution in [2.75, 3.05) is 13.2 Å². The molecule has 3 nitrogen and oxygen atoms in total. The predicted octanol–water partition coefficient (Wildman–Crippen LogP) is 3.36. The minimum atomic E-state index is -0.478. The molecule has 2 aromatic carbocycles. The summed E-state index contributed by atoms with van der Waals surface area (Å²) in [6.07, 6.45) is -0.639. The van der Waals surface area contributed by atoms with Gasteiger partial charge >= 0.3 is 0 Å². The maximum absolute atomic E-state index is 10.4. The van der Waals surface area contributed by atoms with Gasteiger partial charge in [-0.05, 0) is 74.9 Å². The van der Waals surface area contributed by atoms with E-state index >= 15 is 0 Å². The zero-order chi connectivity index (χ0) is 19.3. The lowest BCUT2D eigenvalue weighted by Crippen LogP contribution is -2.90. The van der Waals surface area contributed by atoms with Crippen molar-refractivity contribution < 1.29 is 15.2 Å². The molecule has 142 valence electrons. The van der Waals surface area contributed by atoms with Crippen molar-refractivity contribution in [1.82, 2.24) is 0 Å². The molecule has 0 aliphatic carbocycles. The summed E-state index contributed by atoms with van der Waals surface area (Å²) in [7, 11) is 0. The average molecular weight is 357 g/mol. The van der Waals surface area contributed by atoms with Crippen LogP contribution in [0.4, 0.5) is 0 Å². The largest absolute Gasteiger partial charge is 0.385 e. The van der Waals surface area contributed by atoms with E-state index in [-0.39, 0.29) is 6.10 Å². The van der Waals surface area contributed by atoms with Gasteiger partial charge in [0.2, 0.25) is 0 Å². The summed E-state index contributed by atoms with van der Waals surface area (Å²) in [5.74, 6) is 0. The monoisotopic (exact) mass is 356 g/mol. The summed E-state index contributed by atoms with van der Waals surface area (Å²) in [6, 6.07) is 13.2. The molecule has 3 N–H and O–H groups in total. The summed E-state index contributed by atoms with van der Waals surface area (Å²) in [5, 5.41) is 12.5. The first kappa shape index (κ1) is 20.6. The second-order valence-corrected chi connectivity index (χ2v) is 7.69. The fourth-order valence-electron chi connectivity index (χ4n) is 3.50. The van der Waals surface area contributed by atoms with Crippen molar-refractivity contribution in [1.29, 1.82) is 0 Å². The number of hydrogen-bond donors (Lipinski definition) is 2. The summed E-state index contributed by atoms with van der Waals surface area (Å²) in [6.45, 7) is 13.8. The summed E-state index contributed by atoms with van der Waals surface area (Å²) < 4.78 is 6.36. The zero-order valence-electron chi connectivity index (χ0n) is 17.0. The number of rotatable bonds is 8. The quantitative estimate of drug-likeness (QED) is 0.762. The van der Waals surface area contributed by atoms with Crippen LogP contribution in [0.5, 0.6) is 0 Å². The van der Waals surface area contributed by atoms with E-state index in [1.807, 2.05) is 0 Å². The van der Waals surface area contributed by atoms with Crippen LogP contribution >= 0.6 is 0 Å². The smallest absolute Gasteiger partial charge is 0.126 e. The van der Waals surface area contributed by atoms with Gasteiger partial charge in [-0.1, -0.05) is 36.4 Å².